The van der Waals surface area contributed by atoms with E-state index in [1.165, 1.54) is 49.7 Å². The summed E-state index contributed by atoms with van der Waals surface area (Å²) in [6, 6.07) is 0. The van der Waals surface area contributed by atoms with Crippen LogP contribution in [-0.2, 0) is 14.3 Å². The second kappa shape index (κ2) is 7.48. The monoisotopic (exact) mass is 384 g/mol. The molecule has 2 fully saturated rings. The number of ether oxygens (including phenoxy) is 2. The van der Waals surface area contributed by atoms with Crippen LogP contribution in [0.1, 0.15) is 72.1 Å². The third-order valence-corrected chi connectivity index (χ3v) is 8.74. The highest BCUT2D eigenvalue weighted by Crippen LogP contribution is 2.62. The number of hydrogen-bond acceptors (Lipinski definition) is 3. The van der Waals surface area contributed by atoms with Gasteiger partial charge in [0, 0.05) is 11.6 Å². The average Bonchev–Trinajstić information content (AvgIpc) is 3.12. The van der Waals surface area contributed by atoms with E-state index in [1.54, 1.807) is 6.08 Å². The van der Waals surface area contributed by atoms with Crippen molar-refractivity contribution >= 4 is 5.97 Å². The predicted molar refractivity (Wildman–Crippen MR) is 112 cm³/mol. The topological polar surface area (TPSA) is 35.5 Å². The summed E-state index contributed by atoms with van der Waals surface area (Å²) in [6.45, 7) is 13.1. The molecule has 2 aliphatic carbocycles. The summed E-state index contributed by atoms with van der Waals surface area (Å²) in [5, 5.41) is 0. The van der Waals surface area contributed by atoms with Crippen molar-refractivity contribution in [2.75, 3.05) is 13.2 Å². The highest BCUT2D eigenvalue weighted by Gasteiger charge is 2.53. The van der Waals surface area contributed by atoms with Crippen LogP contribution in [0.5, 0.6) is 0 Å². The Hall–Kier alpha value is -1.35. The molecule has 0 spiro atoms. The summed E-state index contributed by atoms with van der Waals surface area (Å²) >= 11 is 0. The molecule has 2 aliphatic heterocycles. The first-order valence-corrected chi connectivity index (χ1v) is 11.2. The van der Waals surface area contributed by atoms with Gasteiger partial charge in [-0.05, 0) is 79.6 Å². The maximum Gasteiger partial charge on any atom is 0.331 e. The van der Waals surface area contributed by atoms with Gasteiger partial charge in [0.15, 0.2) is 0 Å². The fraction of sp³-hybridized carbons (Fsp3) is 0.720. The van der Waals surface area contributed by atoms with Crippen LogP contribution in [0.15, 0.2) is 35.5 Å². The van der Waals surface area contributed by atoms with Crippen molar-refractivity contribution in [3.8, 4) is 0 Å². The van der Waals surface area contributed by atoms with Gasteiger partial charge in [-0.25, -0.2) is 4.79 Å². The van der Waals surface area contributed by atoms with Crippen LogP contribution in [0.25, 0.3) is 0 Å². The minimum Gasteiger partial charge on any atom is -0.458 e. The first kappa shape index (κ1) is 19.9. The summed E-state index contributed by atoms with van der Waals surface area (Å²) in [5.74, 6) is 1.29. The molecule has 2 heterocycles. The predicted octanol–water partition coefficient (Wildman–Crippen LogP) is 5.76. The third kappa shape index (κ3) is 3.40. The Kier molecular flexibility index (Phi) is 5.33. The molecule has 154 valence electrons. The number of allylic oxidation sites excluding steroid dienone is 1. The van der Waals surface area contributed by atoms with Gasteiger partial charge < -0.3 is 9.47 Å². The second-order valence-electron chi connectivity index (χ2n) is 10.1. The molecule has 0 bridgehead atoms. The third-order valence-electron chi connectivity index (χ3n) is 8.74. The lowest BCUT2D eigenvalue weighted by atomic mass is 9.46. The Bertz CT molecular complexity index is 717. The van der Waals surface area contributed by atoms with Crippen LogP contribution < -0.4 is 0 Å². The van der Waals surface area contributed by atoms with Crippen LogP contribution in [0.4, 0.5) is 0 Å². The fourth-order valence-electron chi connectivity index (χ4n) is 6.43. The first-order chi connectivity index (χ1) is 13.3. The van der Waals surface area contributed by atoms with Crippen molar-refractivity contribution in [3.05, 3.63) is 35.5 Å². The van der Waals surface area contributed by atoms with E-state index in [9.17, 15) is 4.79 Å². The van der Waals surface area contributed by atoms with E-state index in [1.807, 2.05) is 0 Å². The van der Waals surface area contributed by atoms with Gasteiger partial charge in [0.1, 0.15) is 6.61 Å². The Labute approximate surface area is 170 Å². The largest absolute Gasteiger partial charge is 0.458 e. The van der Waals surface area contributed by atoms with Crippen LogP contribution in [0.2, 0.25) is 0 Å². The number of cyclic esters (lactones) is 1. The van der Waals surface area contributed by atoms with E-state index < -0.39 is 0 Å². The molecular formula is C25H36O3. The van der Waals surface area contributed by atoms with Gasteiger partial charge in [0.25, 0.3) is 0 Å². The molecule has 0 amide bonds. The molecule has 5 atom stereocenters. The normalized spacial score (nSPS) is 41.2. The zero-order valence-electron chi connectivity index (χ0n) is 17.9. The Morgan fingerprint density at radius 2 is 2.07 bits per heavy atom. The molecule has 2 saturated carbocycles. The van der Waals surface area contributed by atoms with E-state index in [0.29, 0.717) is 24.0 Å². The lowest BCUT2D eigenvalue weighted by Gasteiger charge is -2.59. The van der Waals surface area contributed by atoms with Crippen molar-refractivity contribution in [1.82, 2.24) is 0 Å². The van der Waals surface area contributed by atoms with E-state index in [0.717, 1.165) is 30.3 Å². The Morgan fingerprint density at radius 3 is 2.75 bits per heavy atom. The van der Waals surface area contributed by atoms with E-state index in [-0.39, 0.29) is 12.1 Å². The van der Waals surface area contributed by atoms with Crippen molar-refractivity contribution in [1.29, 1.82) is 0 Å². The molecule has 0 N–H and O–H groups in total. The quantitative estimate of drug-likeness (QED) is 0.456. The molecule has 0 saturated heterocycles. The van der Waals surface area contributed by atoms with Gasteiger partial charge in [-0.15, -0.1) is 0 Å². The smallest absolute Gasteiger partial charge is 0.331 e. The molecule has 5 unspecified atom stereocenters. The summed E-state index contributed by atoms with van der Waals surface area (Å²) in [5.41, 5.74) is 4.64. The van der Waals surface area contributed by atoms with Crippen LogP contribution in [-0.4, -0.2) is 25.3 Å². The highest BCUT2D eigenvalue weighted by atomic mass is 16.5. The minimum absolute atomic E-state index is 0.0179. The highest BCUT2D eigenvalue weighted by molar-refractivity contribution is 5.85. The summed E-state index contributed by atoms with van der Waals surface area (Å²) in [6.07, 6.45) is 13.7. The number of esters is 1. The number of carbonyl (C=O) groups excluding carboxylic acids is 1. The molecule has 4 aliphatic rings. The SMILES string of the molecule is C=C1CCCC2C1(C)CCC(C)C2(C)CCC1=CCC(C2=CC(=O)OC2)OC1. The number of hydrogen-bond donors (Lipinski definition) is 0. The van der Waals surface area contributed by atoms with Crippen LogP contribution in [0, 0.1) is 22.7 Å². The van der Waals surface area contributed by atoms with Gasteiger partial charge in [-0.1, -0.05) is 39.0 Å². The number of carbonyl (C=O) groups is 1. The van der Waals surface area contributed by atoms with Crippen molar-refractivity contribution < 1.29 is 14.3 Å². The van der Waals surface area contributed by atoms with Crippen molar-refractivity contribution in [3.63, 3.8) is 0 Å². The molecule has 3 nitrogen and oxygen atoms in total. The van der Waals surface area contributed by atoms with E-state index >= 15 is 0 Å². The lowest BCUT2D eigenvalue weighted by molar-refractivity contribution is -0.135. The van der Waals surface area contributed by atoms with Gasteiger partial charge in [0.2, 0.25) is 0 Å². The summed E-state index contributed by atoms with van der Waals surface area (Å²) in [4.78, 5) is 11.3. The molecule has 0 radical (unpaired) electrons. The summed E-state index contributed by atoms with van der Waals surface area (Å²) in [7, 11) is 0. The van der Waals surface area contributed by atoms with Crippen LogP contribution in [0.3, 0.4) is 0 Å². The molecule has 0 aromatic rings. The van der Waals surface area contributed by atoms with Crippen LogP contribution >= 0.6 is 0 Å². The Morgan fingerprint density at radius 1 is 1.25 bits per heavy atom. The van der Waals surface area contributed by atoms with Crippen molar-refractivity contribution in [2.45, 2.75) is 78.2 Å². The maximum absolute atomic E-state index is 11.3. The Balaban J connectivity index is 1.42. The van der Waals surface area contributed by atoms with Gasteiger partial charge in [-0.3, -0.25) is 0 Å². The molecule has 3 heteroatoms. The second-order valence-corrected chi connectivity index (χ2v) is 10.1. The standard InChI is InChI=1S/C25H36O3/c1-17-6-5-7-22-24(17,3)12-10-18(2)25(22,4)13-11-19-8-9-21(27-15-19)20-14-23(26)28-16-20/h8,14,18,21-22H,1,5-7,9-13,15-16H2,2-4H3. The zero-order valence-corrected chi connectivity index (χ0v) is 17.9. The van der Waals surface area contributed by atoms with Gasteiger partial charge in [0.05, 0.1) is 12.7 Å². The molecule has 4 rings (SSSR count). The first-order valence-electron chi connectivity index (χ1n) is 11.2. The van der Waals surface area contributed by atoms with E-state index in [2.05, 4.69) is 33.4 Å². The van der Waals surface area contributed by atoms with E-state index in [4.69, 9.17) is 9.47 Å². The molecule has 0 aromatic carbocycles. The van der Waals surface area contributed by atoms with Gasteiger partial charge >= 0.3 is 5.97 Å². The number of fused-ring (bicyclic) bond motifs is 1. The average molecular weight is 385 g/mol. The molecule has 28 heavy (non-hydrogen) atoms. The molecular weight excluding hydrogens is 348 g/mol. The van der Waals surface area contributed by atoms with Gasteiger partial charge in [-0.2, -0.15) is 0 Å². The maximum atomic E-state index is 11.3. The molecule has 0 aromatic heterocycles. The van der Waals surface area contributed by atoms with Crippen molar-refractivity contribution in [2.24, 2.45) is 22.7 Å². The number of rotatable bonds is 4. The lowest BCUT2D eigenvalue weighted by Crippen LogP contribution is -2.50. The summed E-state index contributed by atoms with van der Waals surface area (Å²) < 4.78 is 11.1. The minimum atomic E-state index is -0.232. The fourth-order valence-corrected chi connectivity index (χ4v) is 6.43. The zero-order chi connectivity index (χ0) is 19.9.